The lowest BCUT2D eigenvalue weighted by atomic mass is 10.0. The van der Waals surface area contributed by atoms with Gasteiger partial charge in [-0.25, -0.2) is 13.4 Å². The van der Waals surface area contributed by atoms with E-state index in [2.05, 4.69) is 39.5 Å². The molecule has 6 heteroatoms. The minimum absolute atomic E-state index is 0.248. The van der Waals surface area contributed by atoms with Crippen LogP contribution in [0.1, 0.15) is 19.4 Å². The van der Waals surface area contributed by atoms with Crippen LogP contribution in [0.4, 0.5) is 5.69 Å². The quantitative estimate of drug-likeness (QED) is 0.815. The van der Waals surface area contributed by atoms with Crippen molar-refractivity contribution < 1.29 is 8.42 Å². The molecule has 0 amide bonds. The summed E-state index contributed by atoms with van der Waals surface area (Å²) in [6, 6.07) is 10.3. The van der Waals surface area contributed by atoms with Crippen molar-refractivity contribution in [2.45, 2.75) is 25.2 Å². The maximum absolute atomic E-state index is 12.3. The molecule has 0 aliphatic heterocycles. The molecule has 0 aliphatic rings. The highest BCUT2D eigenvalue weighted by atomic mass is 79.9. The molecule has 112 valence electrons. The molecule has 0 atom stereocenters. The Kier molecular flexibility index (Phi) is 5.00. The van der Waals surface area contributed by atoms with E-state index in [-0.39, 0.29) is 4.90 Å². The summed E-state index contributed by atoms with van der Waals surface area (Å²) in [5.74, 6) is 0.541. The lowest BCUT2D eigenvalue weighted by Gasteiger charge is -2.09. The molecule has 1 aromatic carbocycles. The fourth-order valence-electron chi connectivity index (χ4n) is 1.93. The molecule has 1 N–H and O–H groups in total. The third kappa shape index (κ3) is 4.54. The van der Waals surface area contributed by atoms with Gasteiger partial charge in [0.1, 0.15) is 4.60 Å². The van der Waals surface area contributed by atoms with Crippen LogP contribution < -0.4 is 4.72 Å². The fraction of sp³-hybridized carbons (Fsp3) is 0.267. The van der Waals surface area contributed by atoms with Crippen molar-refractivity contribution >= 4 is 31.6 Å². The molecule has 0 spiro atoms. The molecular weight excluding hydrogens is 352 g/mol. The van der Waals surface area contributed by atoms with Gasteiger partial charge in [-0.1, -0.05) is 26.0 Å². The van der Waals surface area contributed by atoms with Crippen LogP contribution in [-0.4, -0.2) is 13.4 Å². The SMILES string of the molecule is CC(C)Cc1ccc(S(=O)(=O)Nc2ccc(Br)nc2)cc1. The summed E-state index contributed by atoms with van der Waals surface area (Å²) in [5.41, 5.74) is 1.57. The molecular formula is C15H17BrN2O2S. The Bertz CT molecular complexity index is 695. The molecule has 4 nitrogen and oxygen atoms in total. The second kappa shape index (κ2) is 6.58. The van der Waals surface area contributed by atoms with E-state index in [4.69, 9.17) is 0 Å². The summed E-state index contributed by atoms with van der Waals surface area (Å²) in [7, 11) is -3.58. The normalized spacial score (nSPS) is 11.6. The van der Waals surface area contributed by atoms with Crippen LogP contribution in [0.5, 0.6) is 0 Å². The fourth-order valence-corrected chi connectivity index (χ4v) is 3.20. The highest BCUT2D eigenvalue weighted by Crippen LogP contribution is 2.18. The Hall–Kier alpha value is -1.40. The van der Waals surface area contributed by atoms with Crippen LogP contribution in [0.25, 0.3) is 0 Å². The number of sulfonamides is 1. The predicted octanol–water partition coefficient (Wildman–Crippen LogP) is 3.84. The van der Waals surface area contributed by atoms with Gasteiger partial charge in [0.05, 0.1) is 16.8 Å². The van der Waals surface area contributed by atoms with Gasteiger partial charge >= 0.3 is 0 Å². The largest absolute Gasteiger partial charge is 0.278 e. The summed E-state index contributed by atoms with van der Waals surface area (Å²) in [6.45, 7) is 4.26. The zero-order valence-electron chi connectivity index (χ0n) is 11.9. The van der Waals surface area contributed by atoms with E-state index in [1.165, 1.54) is 6.20 Å². The van der Waals surface area contributed by atoms with E-state index in [0.29, 0.717) is 16.2 Å². The number of halogens is 1. The lowest BCUT2D eigenvalue weighted by molar-refractivity contribution is 0.601. The number of pyridine rings is 1. The van der Waals surface area contributed by atoms with Crippen molar-refractivity contribution in [2.75, 3.05) is 4.72 Å². The molecule has 0 aliphatic carbocycles. The van der Waals surface area contributed by atoms with Gasteiger partial charge in [0, 0.05) is 0 Å². The highest BCUT2D eigenvalue weighted by Gasteiger charge is 2.14. The van der Waals surface area contributed by atoms with Crippen molar-refractivity contribution in [1.29, 1.82) is 0 Å². The molecule has 0 fully saturated rings. The second-order valence-corrected chi connectivity index (χ2v) is 7.71. The standard InChI is InChI=1S/C15H17BrN2O2S/c1-11(2)9-12-3-6-14(7-4-12)21(19,20)18-13-5-8-15(16)17-10-13/h3-8,10-11,18H,9H2,1-2H3. The monoisotopic (exact) mass is 368 g/mol. The average molecular weight is 369 g/mol. The van der Waals surface area contributed by atoms with E-state index in [1.54, 1.807) is 24.3 Å². The summed E-state index contributed by atoms with van der Waals surface area (Å²) in [5, 5.41) is 0. The number of rotatable bonds is 5. The van der Waals surface area contributed by atoms with Crippen molar-refractivity contribution in [3.63, 3.8) is 0 Å². The number of aromatic nitrogens is 1. The second-order valence-electron chi connectivity index (χ2n) is 5.22. The van der Waals surface area contributed by atoms with Crippen LogP contribution in [0.15, 0.2) is 52.1 Å². The lowest BCUT2D eigenvalue weighted by Crippen LogP contribution is -2.13. The van der Waals surface area contributed by atoms with Crippen molar-refractivity contribution in [2.24, 2.45) is 5.92 Å². The van der Waals surface area contributed by atoms with Crippen LogP contribution in [0, 0.1) is 5.92 Å². The van der Waals surface area contributed by atoms with Crippen LogP contribution >= 0.6 is 15.9 Å². The van der Waals surface area contributed by atoms with Gasteiger partial charge in [0.25, 0.3) is 10.0 Å². The number of nitrogens with one attached hydrogen (secondary N) is 1. The molecule has 1 aromatic heterocycles. The molecule has 0 saturated carbocycles. The van der Waals surface area contributed by atoms with Gasteiger partial charge in [0.15, 0.2) is 0 Å². The van der Waals surface area contributed by atoms with Crippen LogP contribution in [0.2, 0.25) is 0 Å². The zero-order valence-corrected chi connectivity index (χ0v) is 14.3. The molecule has 2 aromatic rings. The molecule has 21 heavy (non-hydrogen) atoms. The summed E-state index contributed by atoms with van der Waals surface area (Å²) in [4.78, 5) is 4.24. The van der Waals surface area contributed by atoms with Gasteiger partial charge in [-0.15, -0.1) is 0 Å². The van der Waals surface area contributed by atoms with Crippen molar-refractivity contribution in [1.82, 2.24) is 4.98 Å². The summed E-state index contributed by atoms with van der Waals surface area (Å²) in [6.07, 6.45) is 2.40. The van der Waals surface area contributed by atoms with Gasteiger partial charge in [-0.05, 0) is 58.1 Å². The van der Waals surface area contributed by atoms with Gasteiger partial charge in [0.2, 0.25) is 0 Å². The number of hydrogen-bond acceptors (Lipinski definition) is 3. The Labute approximate surface area is 133 Å². The minimum atomic E-state index is -3.58. The smallest absolute Gasteiger partial charge is 0.261 e. The number of anilines is 1. The zero-order chi connectivity index (χ0) is 15.5. The van der Waals surface area contributed by atoms with E-state index in [0.717, 1.165) is 12.0 Å². The highest BCUT2D eigenvalue weighted by molar-refractivity contribution is 9.10. The third-order valence-electron chi connectivity index (χ3n) is 2.86. The van der Waals surface area contributed by atoms with Crippen molar-refractivity contribution in [3.05, 3.63) is 52.8 Å². The van der Waals surface area contributed by atoms with E-state index in [9.17, 15) is 8.42 Å². The first-order chi connectivity index (χ1) is 9.87. The number of nitrogens with zero attached hydrogens (tertiary/aromatic N) is 1. The minimum Gasteiger partial charge on any atom is -0.278 e. The van der Waals surface area contributed by atoms with E-state index in [1.807, 2.05) is 12.1 Å². The molecule has 2 rings (SSSR count). The maximum Gasteiger partial charge on any atom is 0.261 e. The topological polar surface area (TPSA) is 59.1 Å². The molecule has 0 unspecified atom stereocenters. The van der Waals surface area contributed by atoms with Gasteiger partial charge < -0.3 is 0 Å². The first kappa shape index (κ1) is 16.0. The Balaban J connectivity index is 2.17. The van der Waals surface area contributed by atoms with Gasteiger partial charge in [-0.3, -0.25) is 4.72 Å². The van der Waals surface area contributed by atoms with Crippen LogP contribution in [-0.2, 0) is 16.4 Å². The molecule has 1 heterocycles. The summed E-state index contributed by atoms with van der Waals surface area (Å²) < 4.78 is 27.7. The molecule has 0 saturated heterocycles. The van der Waals surface area contributed by atoms with E-state index >= 15 is 0 Å². The molecule has 0 bridgehead atoms. The first-order valence-corrected chi connectivity index (χ1v) is 8.88. The summed E-state index contributed by atoms with van der Waals surface area (Å²) >= 11 is 3.21. The Morgan fingerprint density at radius 3 is 2.33 bits per heavy atom. The first-order valence-electron chi connectivity index (χ1n) is 6.60. The van der Waals surface area contributed by atoms with Crippen LogP contribution in [0.3, 0.4) is 0 Å². The number of hydrogen-bond donors (Lipinski definition) is 1. The average Bonchev–Trinajstić information content (AvgIpc) is 2.41. The Morgan fingerprint density at radius 1 is 1.14 bits per heavy atom. The predicted molar refractivity (Wildman–Crippen MR) is 87.7 cm³/mol. The molecule has 0 radical (unpaired) electrons. The van der Waals surface area contributed by atoms with Crippen molar-refractivity contribution in [3.8, 4) is 0 Å². The number of benzene rings is 1. The Morgan fingerprint density at radius 2 is 1.81 bits per heavy atom. The maximum atomic E-state index is 12.3. The van der Waals surface area contributed by atoms with E-state index < -0.39 is 10.0 Å². The third-order valence-corrected chi connectivity index (χ3v) is 4.72. The van der Waals surface area contributed by atoms with Gasteiger partial charge in [-0.2, -0.15) is 0 Å².